The third kappa shape index (κ3) is 29.1. The maximum absolute atomic E-state index is 6.81. The molecule has 84 heavy (non-hydrogen) atoms. The summed E-state index contributed by atoms with van der Waals surface area (Å²) in [6.45, 7) is 50.3. The van der Waals surface area contributed by atoms with Crippen LogP contribution < -0.4 is 14.2 Å². The van der Waals surface area contributed by atoms with Gasteiger partial charge in [0.15, 0.2) is 25.0 Å². The van der Waals surface area contributed by atoms with Gasteiger partial charge >= 0.3 is 0 Å². The van der Waals surface area contributed by atoms with Crippen molar-refractivity contribution in [1.29, 1.82) is 0 Å². The first-order valence-electron chi connectivity index (χ1n) is 35.5. The summed E-state index contributed by atoms with van der Waals surface area (Å²) in [5.74, 6) is 2.79. The molecular formula is C74H139O6Si3Y-. The largest absolute Gasteiger partial charge is 0.527 e. The van der Waals surface area contributed by atoms with E-state index in [0.29, 0.717) is 49.9 Å². The number of rotatable bonds is 53. The normalized spacial score (nSPS) is 12.7. The molecule has 2 aromatic rings. The number of hydrogen-bond donors (Lipinski definition) is 0. The molecule has 0 aliphatic rings. The maximum atomic E-state index is 6.81. The summed E-state index contributed by atoms with van der Waals surface area (Å²) in [6.07, 6.45) is 36.5. The van der Waals surface area contributed by atoms with Gasteiger partial charge in [0, 0.05) is 52.5 Å². The Hall–Kier alpha value is -0.655. The Kier molecular flexibility index (Phi) is 45.0. The molecule has 0 fully saturated rings. The minimum Gasteiger partial charge on any atom is -0.527 e. The van der Waals surface area contributed by atoms with Gasteiger partial charge in [-0.3, -0.25) is 0 Å². The zero-order chi connectivity index (χ0) is 61.7. The van der Waals surface area contributed by atoms with Gasteiger partial charge in [-0.25, -0.2) is 0 Å². The van der Waals surface area contributed by atoms with Crippen molar-refractivity contribution in [3.63, 3.8) is 0 Å². The Labute approximate surface area is 552 Å². The third-order valence-electron chi connectivity index (χ3n) is 19.4. The zero-order valence-electron chi connectivity index (χ0n) is 59.1. The van der Waals surface area contributed by atoms with Crippen molar-refractivity contribution in [2.75, 3.05) is 39.6 Å². The van der Waals surface area contributed by atoms with Crippen LogP contribution in [0.4, 0.5) is 0 Å². The predicted molar refractivity (Wildman–Crippen MR) is 372 cm³/mol. The Morgan fingerprint density at radius 3 is 0.774 bits per heavy atom. The van der Waals surface area contributed by atoms with Crippen LogP contribution in [0.1, 0.15) is 315 Å². The number of hydrogen-bond acceptors (Lipinski definition) is 6. The molecule has 1 radical (unpaired) electrons. The van der Waals surface area contributed by atoms with E-state index >= 15 is 0 Å². The van der Waals surface area contributed by atoms with E-state index in [1.54, 1.807) is 0 Å². The van der Waals surface area contributed by atoms with Crippen LogP contribution in [-0.2, 0) is 46.0 Å². The summed E-state index contributed by atoms with van der Waals surface area (Å²) in [5.41, 5.74) is 9.50. The van der Waals surface area contributed by atoms with Gasteiger partial charge in [-0.1, -0.05) is 290 Å². The molecule has 0 aliphatic carbocycles. The summed E-state index contributed by atoms with van der Waals surface area (Å²) in [5, 5.41) is 0. The molecule has 0 amide bonds. The molecule has 2 aromatic carbocycles. The summed E-state index contributed by atoms with van der Waals surface area (Å²) in [6, 6.07) is 13.0. The second kappa shape index (κ2) is 46.4. The van der Waals surface area contributed by atoms with Crippen molar-refractivity contribution in [3.8, 4) is 17.2 Å². The molecule has 6 nitrogen and oxygen atoms in total. The van der Waals surface area contributed by atoms with Crippen LogP contribution in [0.3, 0.4) is 0 Å². The van der Waals surface area contributed by atoms with Gasteiger partial charge in [-0.15, -0.1) is 29.7 Å². The van der Waals surface area contributed by atoms with E-state index in [9.17, 15) is 0 Å². The average molecular weight is 1300 g/mol. The van der Waals surface area contributed by atoms with Crippen LogP contribution >= 0.6 is 0 Å². The minimum atomic E-state index is -1.74. The molecule has 10 heteroatoms. The van der Waals surface area contributed by atoms with Crippen LogP contribution in [0.15, 0.2) is 36.4 Å². The van der Waals surface area contributed by atoms with Crippen molar-refractivity contribution < 1.29 is 60.2 Å². The molecule has 0 saturated carbocycles. The Balaban J connectivity index is 0.0000353. The number of aryl methyl sites for hydroxylation is 1. The van der Waals surface area contributed by atoms with Crippen molar-refractivity contribution in [2.24, 2.45) is 0 Å². The summed E-state index contributed by atoms with van der Waals surface area (Å²) in [7, 11) is -5.21. The van der Waals surface area contributed by atoms with Crippen LogP contribution in [0, 0.1) is 13.3 Å². The van der Waals surface area contributed by atoms with Crippen LogP contribution in [0.2, 0.25) is 49.9 Å². The fourth-order valence-corrected chi connectivity index (χ4v) is 31.5. The molecule has 0 aliphatic heterocycles. The van der Waals surface area contributed by atoms with Crippen molar-refractivity contribution in [3.05, 3.63) is 59.5 Å². The topological polar surface area (TPSA) is 55.4 Å². The van der Waals surface area contributed by atoms with E-state index in [0.717, 1.165) is 81.7 Å². The summed E-state index contributed by atoms with van der Waals surface area (Å²) >= 11 is 0. The molecule has 0 bridgehead atoms. The van der Waals surface area contributed by atoms with Crippen molar-refractivity contribution in [2.45, 2.75) is 355 Å². The molecule has 0 unspecified atom stereocenters. The van der Waals surface area contributed by atoms with Gasteiger partial charge in [0.2, 0.25) is 0 Å². The van der Waals surface area contributed by atoms with Crippen LogP contribution in [-0.4, -0.2) is 64.6 Å². The summed E-state index contributed by atoms with van der Waals surface area (Å²) in [4.78, 5) is 0. The number of benzene rings is 2. The molecule has 2 rings (SSSR count). The summed E-state index contributed by atoms with van der Waals surface area (Å²) < 4.78 is 39.7. The smallest absolute Gasteiger partial charge is 0.200 e. The van der Waals surface area contributed by atoms with E-state index in [2.05, 4.69) is 174 Å². The monoisotopic (exact) mass is 1300 g/mol. The molecule has 0 aromatic heterocycles. The fourth-order valence-electron chi connectivity index (χ4n) is 15.0. The first-order valence-corrected chi connectivity index (χ1v) is 41.9. The van der Waals surface area contributed by atoms with Gasteiger partial charge in [0.05, 0.1) is 25.6 Å². The molecule has 0 saturated heterocycles. The van der Waals surface area contributed by atoms with Gasteiger partial charge in [-0.05, 0) is 94.5 Å². The van der Waals surface area contributed by atoms with Crippen LogP contribution in [0.25, 0.3) is 0 Å². The standard InChI is InChI=1S/C74H139O6Si3.Y/c1-60(2)81(61(3)4,62(5)6)78-54-44-38-32-26-20-23-29-35-41-51-75-72-49-47-70(69(19)57-72)58-71-48-50-73(76-52-42-36-30-24-21-27-33-39-45-55-79-82(63(7)8,64(9)10)65(11)12)59-74(71)77-53-43-37-31-25-22-28-34-40-46-56-80-83(66(13)14,67(15)16)68(17)18;/h47-50,57-68H,20-46,51-56H2,1-19H3;/q-1;. The number of unbranched alkanes of at least 4 members (excludes halogenated alkanes) is 24. The maximum Gasteiger partial charge on any atom is 0.200 e. The van der Waals surface area contributed by atoms with E-state index < -0.39 is 25.0 Å². The molecule has 0 N–H and O–H groups in total. The van der Waals surface area contributed by atoms with Gasteiger partial charge < -0.3 is 27.5 Å². The Bertz CT molecular complexity index is 1830. The first-order chi connectivity index (χ1) is 39.6. The molecule has 0 spiro atoms. The molecule has 0 atom stereocenters. The first kappa shape index (κ1) is 81.4. The molecule has 0 heterocycles. The quantitative estimate of drug-likeness (QED) is 0.0374. The molecular weight excluding hydrogens is 1160 g/mol. The average Bonchev–Trinajstić information content (AvgIpc) is 3.57. The van der Waals surface area contributed by atoms with Crippen molar-refractivity contribution >= 4 is 25.0 Å². The molecule has 487 valence electrons. The Morgan fingerprint density at radius 1 is 0.286 bits per heavy atom. The predicted octanol–water partition coefficient (Wildman–Crippen LogP) is 24.8. The zero-order valence-corrected chi connectivity index (χ0v) is 64.9. The van der Waals surface area contributed by atoms with Gasteiger partial charge in [0.1, 0.15) is 11.5 Å². The van der Waals surface area contributed by atoms with E-state index in [1.807, 2.05) is 0 Å². The Morgan fingerprint density at radius 2 is 0.512 bits per heavy atom. The minimum absolute atomic E-state index is 0. The van der Waals surface area contributed by atoms with E-state index in [4.69, 9.17) is 27.5 Å². The van der Waals surface area contributed by atoms with Gasteiger partial charge in [0.25, 0.3) is 0 Å². The van der Waals surface area contributed by atoms with E-state index in [1.165, 1.54) is 165 Å². The third-order valence-corrected chi connectivity index (χ3v) is 37.7. The second-order valence-electron chi connectivity index (χ2n) is 28.5. The fraction of sp³-hybridized carbons (Fsp3) is 0.824. The van der Waals surface area contributed by atoms with E-state index in [-0.39, 0.29) is 32.7 Å². The SMILES string of the molecule is Cc1cc(OCCCCCCCCCCCO[Si](C(C)C)(C(C)C)C(C)C)ccc1[CH-]c1ccc(OCCCCCCCCCCCO[Si](C(C)C)(C(C)C)C(C)C)cc1OCCCCCCCCCCCO[Si](C(C)C)(C(C)C)C(C)C.[Y]. The second-order valence-corrected chi connectivity index (χ2v) is 44.8. The van der Waals surface area contributed by atoms with Gasteiger partial charge in [-0.2, -0.15) is 0 Å². The van der Waals surface area contributed by atoms with Crippen molar-refractivity contribution in [1.82, 2.24) is 0 Å². The number of ether oxygens (including phenoxy) is 3. The van der Waals surface area contributed by atoms with Crippen LogP contribution in [0.5, 0.6) is 17.2 Å².